The van der Waals surface area contributed by atoms with Crippen LogP contribution in [0.3, 0.4) is 0 Å². The Morgan fingerprint density at radius 1 is 1.33 bits per heavy atom. The summed E-state index contributed by atoms with van der Waals surface area (Å²) < 4.78 is 4.65. The summed E-state index contributed by atoms with van der Waals surface area (Å²) in [6.07, 6.45) is 14.7. The van der Waals surface area contributed by atoms with Gasteiger partial charge in [-0.1, -0.05) is 19.8 Å². The molecule has 0 radical (unpaired) electrons. The van der Waals surface area contributed by atoms with Gasteiger partial charge in [-0.2, -0.15) is 0 Å². The van der Waals surface area contributed by atoms with Gasteiger partial charge in [0.2, 0.25) is 6.33 Å². The molecular weight excluding hydrogens is 290 g/mol. The predicted molar refractivity (Wildman–Crippen MR) is 69.8 cm³/mol. The molecule has 1 aromatic heterocycles. The van der Waals surface area contributed by atoms with Gasteiger partial charge in [-0.25, -0.2) is 9.13 Å². The van der Waals surface area contributed by atoms with Crippen LogP contribution >= 0.6 is 0 Å². The van der Waals surface area contributed by atoms with Gasteiger partial charge in [0.25, 0.3) is 0 Å². The quantitative estimate of drug-likeness (QED) is 0.511. The molecule has 3 nitrogen and oxygen atoms in total. The van der Waals surface area contributed by atoms with Crippen LogP contribution in [0.2, 0.25) is 0 Å². The summed E-state index contributed by atoms with van der Waals surface area (Å²) in [6.45, 7) is 5.76. The van der Waals surface area contributed by atoms with Crippen LogP contribution in [0.25, 0.3) is 0 Å². The van der Waals surface area contributed by atoms with E-state index in [0.29, 0.717) is 6.04 Å². The van der Waals surface area contributed by atoms with E-state index >= 15 is 0 Å². The number of aryl methyl sites for hydroxylation is 1. The molecule has 0 amide bonds. The maximum absolute atomic E-state index is 3.54. The van der Waals surface area contributed by atoms with E-state index in [1.165, 1.54) is 51.6 Å². The van der Waals surface area contributed by atoms with Gasteiger partial charge in [0.05, 0.1) is 6.54 Å². The number of aromatic nitrogens is 2. The van der Waals surface area contributed by atoms with Crippen molar-refractivity contribution < 1.29 is 21.5 Å². The van der Waals surface area contributed by atoms with Crippen LogP contribution in [-0.2, 0) is 13.1 Å². The highest BCUT2D eigenvalue weighted by atomic mass is 79.9. The third-order valence-corrected chi connectivity index (χ3v) is 3.61. The van der Waals surface area contributed by atoms with Crippen LogP contribution < -0.4 is 26.9 Å². The van der Waals surface area contributed by atoms with E-state index in [1.54, 1.807) is 0 Å². The van der Waals surface area contributed by atoms with E-state index in [4.69, 9.17) is 0 Å². The molecule has 0 aliphatic carbocycles. The summed E-state index contributed by atoms with van der Waals surface area (Å²) in [6, 6.07) is 0.691. The molecular formula is C14H26BrN3. The van der Waals surface area contributed by atoms with Gasteiger partial charge in [0, 0.05) is 6.04 Å². The van der Waals surface area contributed by atoms with Gasteiger partial charge in [0.15, 0.2) is 0 Å². The summed E-state index contributed by atoms with van der Waals surface area (Å²) in [5, 5.41) is 3.54. The molecule has 1 saturated heterocycles. The maximum Gasteiger partial charge on any atom is 0.243 e. The smallest absolute Gasteiger partial charge is 0.243 e. The number of rotatable bonds is 7. The topological polar surface area (TPSA) is 20.8 Å². The van der Waals surface area contributed by atoms with Crippen LogP contribution in [0.5, 0.6) is 0 Å². The van der Waals surface area contributed by atoms with E-state index in [2.05, 4.69) is 40.1 Å². The minimum absolute atomic E-state index is 0. The number of hydrogen-bond acceptors (Lipinski definition) is 1. The molecule has 1 N–H and O–H groups in total. The first-order chi connectivity index (χ1) is 8.38. The second-order valence-electron chi connectivity index (χ2n) is 5.20. The SMILES string of the molecule is CCCCCC[n+]1ccn(C[C@@H]2CCCN2)c1.[Br-]. The standard InChI is InChI=1S/C14H26N3.BrH/c1-2-3-4-5-9-16-10-11-17(13-16)12-14-7-6-8-15-14;/h10-11,13-15H,2-9,12H2,1H3;1H/q+1;/p-1/t14-;/m0./s1. The largest absolute Gasteiger partial charge is 1.00 e. The molecule has 0 bridgehead atoms. The van der Waals surface area contributed by atoms with Gasteiger partial charge >= 0.3 is 0 Å². The highest BCUT2D eigenvalue weighted by molar-refractivity contribution is 4.77. The Hall–Kier alpha value is -0.350. The van der Waals surface area contributed by atoms with Crippen LogP contribution in [0.1, 0.15) is 45.4 Å². The molecule has 0 unspecified atom stereocenters. The molecule has 0 aromatic carbocycles. The first-order valence-electron chi connectivity index (χ1n) is 7.16. The van der Waals surface area contributed by atoms with E-state index in [1.807, 2.05) is 0 Å². The lowest BCUT2D eigenvalue weighted by Crippen LogP contribution is -3.00. The molecule has 1 fully saturated rings. The van der Waals surface area contributed by atoms with Crippen LogP contribution in [-0.4, -0.2) is 17.2 Å². The Bertz CT molecular complexity index is 319. The molecule has 1 aliphatic heterocycles. The third kappa shape index (κ3) is 5.11. The lowest BCUT2D eigenvalue weighted by atomic mass is 10.2. The van der Waals surface area contributed by atoms with E-state index in [9.17, 15) is 0 Å². The normalized spacial score (nSPS) is 18.8. The van der Waals surface area contributed by atoms with Crippen molar-refractivity contribution in [3.05, 3.63) is 18.7 Å². The average Bonchev–Trinajstić information content (AvgIpc) is 2.97. The van der Waals surface area contributed by atoms with Crippen LogP contribution in [0, 0.1) is 0 Å². The minimum atomic E-state index is 0. The molecule has 0 saturated carbocycles. The highest BCUT2D eigenvalue weighted by Gasteiger charge is 2.17. The van der Waals surface area contributed by atoms with Crippen molar-refractivity contribution in [1.82, 2.24) is 9.88 Å². The van der Waals surface area contributed by atoms with Crippen molar-refractivity contribution >= 4 is 0 Å². The summed E-state index contributed by atoms with van der Waals surface area (Å²) in [5.74, 6) is 0. The zero-order valence-corrected chi connectivity index (χ0v) is 13.0. The van der Waals surface area contributed by atoms with Crippen molar-refractivity contribution in [3.8, 4) is 0 Å². The lowest BCUT2D eigenvalue weighted by Gasteiger charge is -2.05. The predicted octanol–water partition coefficient (Wildman–Crippen LogP) is -0.888. The third-order valence-electron chi connectivity index (χ3n) is 3.61. The van der Waals surface area contributed by atoms with Crippen molar-refractivity contribution in [2.24, 2.45) is 0 Å². The Morgan fingerprint density at radius 2 is 2.22 bits per heavy atom. The molecule has 4 heteroatoms. The summed E-state index contributed by atoms with van der Waals surface area (Å²) in [5.41, 5.74) is 0. The maximum atomic E-state index is 3.54. The van der Waals surface area contributed by atoms with Crippen molar-refractivity contribution in [2.75, 3.05) is 6.54 Å². The first-order valence-corrected chi connectivity index (χ1v) is 7.16. The zero-order chi connectivity index (χ0) is 11.9. The van der Waals surface area contributed by atoms with Gasteiger partial charge in [-0.05, 0) is 32.2 Å². The van der Waals surface area contributed by atoms with Crippen LogP contribution in [0.4, 0.5) is 0 Å². The minimum Gasteiger partial charge on any atom is -1.00 e. The number of hydrogen-bond donors (Lipinski definition) is 1. The average molecular weight is 316 g/mol. The fraction of sp³-hybridized carbons (Fsp3) is 0.786. The van der Waals surface area contributed by atoms with Gasteiger partial charge in [0.1, 0.15) is 18.9 Å². The molecule has 1 aromatic rings. The number of nitrogens with one attached hydrogen (secondary N) is 1. The Kier molecular flexibility index (Phi) is 7.59. The monoisotopic (exact) mass is 315 g/mol. The summed E-state index contributed by atoms with van der Waals surface area (Å²) >= 11 is 0. The highest BCUT2D eigenvalue weighted by Crippen LogP contribution is 2.06. The number of imidazole rings is 1. The number of halogens is 1. The zero-order valence-electron chi connectivity index (χ0n) is 11.4. The second-order valence-corrected chi connectivity index (χ2v) is 5.20. The second kappa shape index (κ2) is 8.70. The van der Waals surface area contributed by atoms with Crippen molar-refractivity contribution in [2.45, 2.75) is 64.6 Å². The first kappa shape index (κ1) is 15.7. The summed E-state index contributed by atoms with van der Waals surface area (Å²) in [4.78, 5) is 0. The number of nitrogens with zero attached hydrogens (tertiary/aromatic N) is 2. The fourth-order valence-corrected chi connectivity index (χ4v) is 2.57. The molecule has 2 rings (SSSR count). The molecule has 18 heavy (non-hydrogen) atoms. The molecule has 0 spiro atoms. The van der Waals surface area contributed by atoms with Crippen LogP contribution in [0.15, 0.2) is 18.7 Å². The molecule has 104 valence electrons. The van der Waals surface area contributed by atoms with Crippen molar-refractivity contribution in [3.63, 3.8) is 0 Å². The van der Waals surface area contributed by atoms with Gasteiger partial charge < -0.3 is 22.3 Å². The van der Waals surface area contributed by atoms with Gasteiger partial charge in [-0.3, -0.25) is 0 Å². The van der Waals surface area contributed by atoms with Crippen molar-refractivity contribution in [1.29, 1.82) is 0 Å². The Balaban J connectivity index is 0.00000162. The van der Waals surface area contributed by atoms with E-state index < -0.39 is 0 Å². The van der Waals surface area contributed by atoms with E-state index in [-0.39, 0.29) is 17.0 Å². The lowest BCUT2D eigenvalue weighted by molar-refractivity contribution is -0.696. The Morgan fingerprint density at radius 3 is 2.94 bits per heavy atom. The summed E-state index contributed by atoms with van der Waals surface area (Å²) in [7, 11) is 0. The molecule has 1 aliphatic rings. The molecule has 2 heterocycles. The fourth-order valence-electron chi connectivity index (χ4n) is 2.57. The van der Waals surface area contributed by atoms with Gasteiger partial charge in [-0.15, -0.1) is 0 Å². The van der Waals surface area contributed by atoms with E-state index in [0.717, 1.165) is 6.54 Å². The Labute approximate surface area is 121 Å². The molecule has 1 atom stereocenters. The number of unbranched alkanes of at least 4 members (excludes halogenated alkanes) is 3.